The summed E-state index contributed by atoms with van der Waals surface area (Å²) in [6.45, 7) is 3.56. The van der Waals surface area contributed by atoms with Gasteiger partial charge in [0.15, 0.2) is 0 Å². The van der Waals surface area contributed by atoms with E-state index in [-0.39, 0.29) is 5.83 Å². The van der Waals surface area contributed by atoms with E-state index in [1.807, 2.05) is 6.08 Å². The van der Waals surface area contributed by atoms with Crippen LogP contribution in [0.3, 0.4) is 0 Å². The molecule has 0 radical (unpaired) electrons. The zero-order valence-corrected chi connectivity index (χ0v) is 4.52. The molecule has 1 heteroatoms. The molecule has 0 heterocycles. The van der Waals surface area contributed by atoms with Gasteiger partial charge in [0, 0.05) is 6.42 Å². The van der Waals surface area contributed by atoms with E-state index in [9.17, 15) is 4.39 Å². The first-order valence-corrected chi connectivity index (χ1v) is 2.50. The predicted molar refractivity (Wildman–Crippen MR) is 32.1 cm³/mol. The lowest BCUT2D eigenvalue weighted by Crippen LogP contribution is -1.79. The maximum atomic E-state index is 12.2. The number of allylic oxidation sites excluding steroid dienone is 5. The minimum absolute atomic E-state index is 0.0995. The van der Waals surface area contributed by atoms with Crippen molar-refractivity contribution in [1.29, 1.82) is 0 Å². The largest absolute Gasteiger partial charge is 0.211 e. The normalized spacial score (nSPS) is 18.6. The van der Waals surface area contributed by atoms with Crippen LogP contribution in [-0.2, 0) is 0 Å². The Balaban J connectivity index is 2.74. The average molecular weight is 110 g/mol. The van der Waals surface area contributed by atoms with Crippen LogP contribution in [0.2, 0.25) is 0 Å². The van der Waals surface area contributed by atoms with Gasteiger partial charge >= 0.3 is 0 Å². The van der Waals surface area contributed by atoms with E-state index in [1.165, 1.54) is 6.08 Å². The van der Waals surface area contributed by atoms with Crippen LogP contribution in [0, 0.1) is 0 Å². The fourth-order valence-corrected chi connectivity index (χ4v) is 0.631. The van der Waals surface area contributed by atoms with E-state index >= 15 is 0 Å². The van der Waals surface area contributed by atoms with Crippen LogP contribution < -0.4 is 0 Å². The highest BCUT2D eigenvalue weighted by Gasteiger charge is 1.95. The third-order valence-electron chi connectivity index (χ3n) is 0.987. The molecule has 0 nitrogen and oxygen atoms in total. The van der Waals surface area contributed by atoms with Crippen molar-refractivity contribution in [3.63, 3.8) is 0 Å². The molecule has 1 aliphatic carbocycles. The van der Waals surface area contributed by atoms with Crippen molar-refractivity contribution in [2.75, 3.05) is 0 Å². The summed E-state index contributed by atoms with van der Waals surface area (Å²) in [5, 5.41) is 0. The lowest BCUT2D eigenvalue weighted by atomic mass is 10.1. The zero-order valence-electron chi connectivity index (χ0n) is 4.52. The van der Waals surface area contributed by atoms with Crippen molar-refractivity contribution in [3.8, 4) is 0 Å². The molecule has 8 heavy (non-hydrogen) atoms. The second kappa shape index (κ2) is 1.95. The number of hydrogen-bond acceptors (Lipinski definition) is 0. The van der Waals surface area contributed by atoms with Crippen molar-refractivity contribution in [3.05, 3.63) is 36.2 Å². The highest BCUT2D eigenvalue weighted by Crippen LogP contribution is 2.13. The van der Waals surface area contributed by atoms with Crippen LogP contribution in [-0.4, -0.2) is 0 Å². The molecule has 0 atom stereocenters. The Labute approximate surface area is 48.0 Å². The Morgan fingerprint density at radius 2 is 2.38 bits per heavy atom. The quantitative estimate of drug-likeness (QED) is 0.449. The summed E-state index contributed by atoms with van der Waals surface area (Å²) in [5.74, 6) is -0.0995. The summed E-state index contributed by atoms with van der Waals surface area (Å²) < 4.78 is 12.2. The van der Waals surface area contributed by atoms with E-state index in [4.69, 9.17) is 0 Å². The molecule has 0 fully saturated rings. The molecule has 0 aromatic carbocycles. The van der Waals surface area contributed by atoms with E-state index in [1.54, 1.807) is 6.08 Å². The maximum Gasteiger partial charge on any atom is 0.104 e. The van der Waals surface area contributed by atoms with Crippen molar-refractivity contribution in [2.24, 2.45) is 0 Å². The van der Waals surface area contributed by atoms with Gasteiger partial charge in [0.2, 0.25) is 0 Å². The van der Waals surface area contributed by atoms with Crippen LogP contribution in [0.15, 0.2) is 36.2 Å². The molecule has 0 N–H and O–H groups in total. The van der Waals surface area contributed by atoms with Crippen LogP contribution in [0.1, 0.15) is 6.42 Å². The van der Waals surface area contributed by atoms with Crippen LogP contribution in [0.4, 0.5) is 4.39 Å². The molecule has 1 rings (SSSR count). The Hall–Kier alpha value is -0.850. The zero-order chi connectivity index (χ0) is 5.98. The Morgan fingerprint density at radius 3 is 2.75 bits per heavy atom. The van der Waals surface area contributed by atoms with Crippen molar-refractivity contribution >= 4 is 0 Å². The van der Waals surface area contributed by atoms with Crippen LogP contribution >= 0.6 is 0 Å². The van der Waals surface area contributed by atoms with Gasteiger partial charge < -0.3 is 0 Å². The van der Waals surface area contributed by atoms with Gasteiger partial charge in [-0.2, -0.15) is 0 Å². The highest BCUT2D eigenvalue weighted by atomic mass is 19.1. The van der Waals surface area contributed by atoms with Crippen LogP contribution in [0.25, 0.3) is 0 Å². The van der Waals surface area contributed by atoms with Crippen molar-refractivity contribution in [1.82, 2.24) is 0 Å². The lowest BCUT2D eigenvalue weighted by Gasteiger charge is -1.97. The minimum Gasteiger partial charge on any atom is -0.211 e. The van der Waals surface area contributed by atoms with Gasteiger partial charge in [-0.3, -0.25) is 0 Å². The number of rotatable bonds is 0. The molecular formula is C7H7F. The molecule has 0 aliphatic heterocycles. The Bertz CT molecular complexity index is 163. The fourth-order valence-electron chi connectivity index (χ4n) is 0.631. The first kappa shape index (κ1) is 5.29. The second-order valence-electron chi connectivity index (χ2n) is 1.77. The molecule has 1 aliphatic rings. The van der Waals surface area contributed by atoms with Gasteiger partial charge in [-0.05, 0) is 11.6 Å². The van der Waals surface area contributed by atoms with E-state index in [0.29, 0.717) is 6.42 Å². The molecule has 42 valence electrons. The van der Waals surface area contributed by atoms with E-state index in [2.05, 4.69) is 6.58 Å². The van der Waals surface area contributed by atoms with Gasteiger partial charge in [0.25, 0.3) is 0 Å². The first-order valence-electron chi connectivity index (χ1n) is 2.50. The highest BCUT2D eigenvalue weighted by molar-refractivity contribution is 5.33. The van der Waals surface area contributed by atoms with E-state index < -0.39 is 0 Å². The number of hydrogen-bond donors (Lipinski definition) is 0. The van der Waals surface area contributed by atoms with Gasteiger partial charge in [0.1, 0.15) is 5.83 Å². The molecule has 0 bridgehead atoms. The van der Waals surface area contributed by atoms with Crippen molar-refractivity contribution < 1.29 is 4.39 Å². The molecule has 0 saturated heterocycles. The van der Waals surface area contributed by atoms with Crippen molar-refractivity contribution in [2.45, 2.75) is 6.42 Å². The maximum absolute atomic E-state index is 12.2. The average Bonchev–Trinajstić information content (AvgIpc) is 1.64. The molecule has 0 aromatic heterocycles. The number of halogens is 1. The summed E-state index contributed by atoms with van der Waals surface area (Å²) >= 11 is 0. The molecule has 0 saturated carbocycles. The smallest absolute Gasteiger partial charge is 0.104 e. The van der Waals surface area contributed by atoms with E-state index in [0.717, 1.165) is 5.57 Å². The Morgan fingerprint density at radius 1 is 1.62 bits per heavy atom. The summed E-state index contributed by atoms with van der Waals surface area (Å²) in [5.41, 5.74) is 0.744. The molecular weight excluding hydrogens is 103 g/mol. The summed E-state index contributed by atoms with van der Waals surface area (Å²) in [6.07, 6.45) is 5.44. The first-order chi connectivity index (χ1) is 3.79. The summed E-state index contributed by atoms with van der Waals surface area (Å²) in [4.78, 5) is 0. The monoisotopic (exact) mass is 110 g/mol. The summed E-state index contributed by atoms with van der Waals surface area (Å²) in [6, 6.07) is 0. The van der Waals surface area contributed by atoms with Gasteiger partial charge in [-0.25, -0.2) is 4.39 Å². The molecule has 0 aromatic rings. The summed E-state index contributed by atoms with van der Waals surface area (Å²) in [7, 11) is 0. The SMILES string of the molecule is C=C1C=CCC(F)=C1. The minimum atomic E-state index is -0.0995. The fraction of sp³-hybridized carbons (Fsp3) is 0.143. The standard InChI is InChI=1S/C7H7F/c1-6-3-2-4-7(8)5-6/h2-3,5H,1,4H2. The molecule has 0 unspecified atom stereocenters. The Kier molecular flexibility index (Phi) is 1.29. The second-order valence-corrected chi connectivity index (χ2v) is 1.77. The topological polar surface area (TPSA) is 0 Å². The van der Waals surface area contributed by atoms with Gasteiger partial charge in [-0.15, -0.1) is 0 Å². The molecule has 0 amide bonds. The third-order valence-corrected chi connectivity index (χ3v) is 0.987. The predicted octanol–water partition coefficient (Wildman–Crippen LogP) is 2.36. The molecule has 0 spiro atoms. The third kappa shape index (κ3) is 1.06. The van der Waals surface area contributed by atoms with Crippen LogP contribution in [0.5, 0.6) is 0 Å². The van der Waals surface area contributed by atoms with Gasteiger partial charge in [0.05, 0.1) is 0 Å². The van der Waals surface area contributed by atoms with Gasteiger partial charge in [-0.1, -0.05) is 18.7 Å². The lowest BCUT2D eigenvalue weighted by molar-refractivity contribution is 0.615.